The highest BCUT2D eigenvalue weighted by molar-refractivity contribution is 6.30. The topological polar surface area (TPSA) is 216 Å². The van der Waals surface area contributed by atoms with E-state index < -0.39 is 48.3 Å². The highest BCUT2D eigenvalue weighted by Crippen LogP contribution is 2.30. The molecule has 226 valence electrons. The van der Waals surface area contributed by atoms with Crippen molar-refractivity contribution < 1.29 is 39.5 Å². The normalized spacial score (nSPS) is 26.6. The molecule has 42 heavy (non-hydrogen) atoms. The summed E-state index contributed by atoms with van der Waals surface area (Å²) in [7, 11) is 0. The molecule has 0 aliphatic carbocycles. The Bertz CT molecular complexity index is 1400. The summed E-state index contributed by atoms with van der Waals surface area (Å²) in [6, 6.07) is 8.19. The number of H-pyrrole nitrogens is 1. The first-order valence-corrected chi connectivity index (χ1v) is 13.9. The lowest BCUT2D eigenvalue weighted by Crippen LogP contribution is -2.60. The van der Waals surface area contributed by atoms with Crippen molar-refractivity contribution in [2.75, 3.05) is 24.6 Å². The summed E-state index contributed by atoms with van der Waals surface area (Å²) in [5, 5.41) is 43.9. The third kappa shape index (κ3) is 6.20. The number of halogens is 1. The molecule has 5 rings (SSSR count). The van der Waals surface area contributed by atoms with Gasteiger partial charge in [-0.05, 0) is 43.0 Å². The smallest absolute Gasteiger partial charge is 0.335 e. The van der Waals surface area contributed by atoms with Crippen molar-refractivity contribution in [2.45, 2.75) is 61.5 Å². The molecule has 0 saturated carbocycles. The van der Waals surface area contributed by atoms with Gasteiger partial charge in [0.05, 0.1) is 23.6 Å². The molecule has 3 aromatic rings. The number of hydrogen-bond donors (Lipinski definition) is 7. The Morgan fingerprint density at radius 2 is 1.86 bits per heavy atom. The number of ether oxygens (including phenoxy) is 2. The molecule has 4 heterocycles. The Labute approximate surface area is 245 Å². The average molecular weight is 605 g/mol. The fraction of sp³-hybridized carbons (Fsp3) is 0.481. The summed E-state index contributed by atoms with van der Waals surface area (Å²) in [5.41, 5.74) is 6.93. The maximum Gasteiger partial charge on any atom is 0.335 e. The second-order valence-electron chi connectivity index (χ2n) is 10.6. The molecule has 8 N–H and O–H groups in total. The van der Waals surface area contributed by atoms with Crippen LogP contribution in [0.5, 0.6) is 0 Å². The Morgan fingerprint density at radius 1 is 1.14 bits per heavy atom. The summed E-state index contributed by atoms with van der Waals surface area (Å²) < 4.78 is 10.8. The van der Waals surface area contributed by atoms with Crippen LogP contribution in [0.15, 0.2) is 42.9 Å². The molecule has 0 spiro atoms. The van der Waals surface area contributed by atoms with Crippen LogP contribution in [0, 0.1) is 0 Å². The minimum atomic E-state index is -1.82. The molecule has 1 aromatic carbocycles. The van der Waals surface area contributed by atoms with E-state index in [0.717, 1.165) is 22.4 Å². The fourth-order valence-electron chi connectivity index (χ4n) is 5.27. The number of nitrogens with one attached hydrogen (secondary N) is 2. The zero-order valence-electron chi connectivity index (χ0n) is 22.5. The summed E-state index contributed by atoms with van der Waals surface area (Å²) in [5.74, 6) is -1.09. The van der Waals surface area contributed by atoms with Gasteiger partial charge in [-0.25, -0.2) is 14.8 Å². The van der Waals surface area contributed by atoms with E-state index in [1.807, 2.05) is 6.07 Å². The number of carboxylic acid groups (broad SMARTS) is 1. The molecule has 2 fully saturated rings. The van der Waals surface area contributed by atoms with Gasteiger partial charge in [-0.3, -0.25) is 4.79 Å². The zero-order valence-corrected chi connectivity index (χ0v) is 23.2. The molecule has 1 amide bonds. The Kier molecular flexibility index (Phi) is 8.94. The Balaban J connectivity index is 1.24. The van der Waals surface area contributed by atoms with Crippen molar-refractivity contribution in [3.63, 3.8) is 0 Å². The van der Waals surface area contributed by atoms with Crippen LogP contribution in [0.2, 0.25) is 5.02 Å². The molecule has 6 atom stereocenters. The van der Waals surface area contributed by atoms with Crippen molar-refractivity contribution in [1.82, 2.24) is 20.3 Å². The maximum absolute atomic E-state index is 13.6. The number of nitrogens with two attached hydrogens (primary N) is 1. The molecule has 14 nitrogen and oxygen atoms in total. The molecule has 0 radical (unpaired) electrons. The van der Waals surface area contributed by atoms with Crippen molar-refractivity contribution in [1.29, 1.82) is 0 Å². The molecule has 2 aliphatic heterocycles. The number of hydrogen-bond acceptors (Lipinski definition) is 11. The number of carbonyl (C=O) groups is 2. The number of amides is 1. The number of carboxylic acids is 1. The highest BCUT2D eigenvalue weighted by Gasteiger charge is 2.47. The molecule has 0 bridgehead atoms. The van der Waals surface area contributed by atoms with Gasteiger partial charge >= 0.3 is 5.97 Å². The first-order valence-electron chi connectivity index (χ1n) is 13.5. The highest BCUT2D eigenvalue weighted by atomic mass is 35.5. The number of anilines is 1. The van der Waals surface area contributed by atoms with E-state index >= 15 is 0 Å². The molecule has 2 aliphatic rings. The van der Waals surface area contributed by atoms with Crippen molar-refractivity contribution in [3.05, 3.63) is 53.4 Å². The second-order valence-corrected chi connectivity index (χ2v) is 11.0. The summed E-state index contributed by atoms with van der Waals surface area (Å²) >= 11 is 6.06. The summed E-state index contributed by atoms with van der Waals surface area (Å²) in [4.78, 5) is 38.7. The molecule has 0 unspecified atom stereocenters. The number of carbonyl (C=O) groups excluding carboxylic acids is 1. The predicted molar refractivity (Wildman–Crippen MR) is 149 cm³/mol. The van der Waals surface area contributed by atoms with E-state index in [-0.39, 0.29) is 18.9 Å². The fourth-order valence-corrected chi connectivity index (χ4v) is 5.39. The molecule has 2 saturated heterocycles. The average Bonchev–Trinajstić information content (AvgIpc) is 3.46. The second kappa shape index (κ2) is 12.5. The largest absolute Gasteiger partial charge is 0.479 e. The van der Waals surface area contributed by atoms with Gasteiger partial charge in [-0.1, -0.05) is 23.7 Å². The van der Waals surface area contributed by atoms with Crippen LogP contribution in [0.25, 0.3) is 11.0 Å². The predicted octanol–water partition coefficient (Wildman–Crippen LogP) is 0.0654. The lowest BCUT2D eigenvalue weighted by atomic mass is 9.87. The van der Waals surface area contributed by atoms with Gasteiger partial charge in [0.15, 0.2) is 12.4 Å². The van der Waals surface area contributed by atoms with E-state index in [4.69, 9.17) is 26.8 Å². The Morgan fingerprint density at radius 3 is 2.55 bits per heavy atom. The van der Waals surface area contributed by atoms with Gasteiger partial charge in [-0.2, -0.15) is 0 Å². The third-order valence-electron chi connectivity index (χ3n) is 7.82. The number of rotatable bonds is 9. The SMILES string of the molecule is NC1(C(=O)N[C@@H](CCO[C@@H]2O[C@H](C(=O)O)[C@@H](O)[C@H](O)[C@H]2O)c2ccc(Cl)cc2)CCN(c2ncnc3[nH]ccc23)CC1. The third-order valence-corrected chi connectivity index (χ3v) is 8.07. The monoisotopic (exact) mass is 604 g/mol. The van der Waals surface area contributed by atoms with E-state index in [2.05, 4.69) is 25.2 Å². The standard InChI is InChI=1S/C27H33ClN6O8/c28-15-3-1-14(2-4-15)17(6-12-41-25-20(37)18(35)19(36)21(42-25)24(38)39)33-26(40)27(29)7-10-34(11-8-27)23-16-5-9-30-22(16)31-13-32-23/h1-5,9,13,17-21,25,35-37H,6-8,10-12,29H2,(H,33,40)(H,38,39)(H,30,31,32)/t17-,18-,19-,20+,21-,25+/m0/s1. The molecule has 15 heteroatoms. The van der Waals surface area contributed by atoms with E-state index in [9.17, 15) is 30.0 Å². The number of aliphatic hydroxyl groups is 3. The van der Waals surface area contributed by atoms with Gasteiger partial charge in [0.25, 0.3) is 0 Å². The number of nitrogens with zero attached hydrogens (tertiary/aromatic N) is 3. The number of aromatic nitrogens is 3. The number of aliphatic carboxylic acids is 1. The number of aromatic amines is 1. The van der Waals surface area contributed by atoms with Gasteiger partial charge in [0.1, 0.15) is 36.1 Å². The maximum atomic E-state index is 13.6. The van der Waals surface area contributed by atoms with Gasteiger partial charge < -0.3 is 50.8 Å². The minimum Gasteiger partial charge on any atom is -0.479 e. The molecule has 2 aromatic heterocycles. The Hall–Kier alpha value is -3.37. The lowest BCUT2D eigenvalue weighted by Gasteiger charge is -2.39. The quantitative estimate of drug-likeness (QED) is 0.173. The minimum absolute atomic E-state index is 0.101. The molecular formula is C27H33ClN6O8. The van der Waals surface area contributed by atoms with Crippen molar-refractivity contribution >= 4 is 40.3 Å². The van der Waals surface area contributed by atoms with E-state index in [0.29, 0.717) is 31.0 Å². The number of benzene rings is 1. The number of piperidine rings is 1. The van der Waals surface area contributed by atoms with Crippen LogP contribution < -0.4 is 16.0 Å². The first kappa shape index (κ1) is 30.1. The first-order chi connectivity index (χ1) is 20.1. The number of aliphatic hydroxyl groups excluding tert-OH is 3. The van der Waals surface area contributed by atoms with E-state index in [1.165, 1.54) is 6.33 Å². The summed E-state index contributed by atoms with van der Waals surface area (Å²) in [6.07, 6.45) is -4.36. The van der Waals surface area contributed by atoms with Crippen molar-refractivity contribution in [2.24, 2.45) is 5.73 Å². The van der Waals surface area contributed by atoms with Crippen LogP contribution in [0.1, 0.15) is 30.9 Å². The molecular weight excluding hydrogens is 572 g/mol. The van der Waals surface area contributed by atoms with E-state index in [1.54, 1.807) is 30.5 Å². The van der Waals surface area contributed by atoms with Crippen LogP contribution in [0.4, 0.5) is 5.82 Å². The van der Waals surface area contributed by atoms with Gasteiger partial charge in [0, 0.05) is 24.3 Å². The summed E-state index contributed by atoms with van der Waals surface area (Å²) in [6.45, 7) is 0.910. The van der Waals surface area contributed by atoms with Crippen LogP contribution in [-0.4, -0.2) is 103 Å². The van der Waals surface area contributed by atoms with Crippen LogP contribution >= 0.6 is 11.6 Å². The zero-order chi connectivity index (χ0) is 30.0. The number of fused-ring (bicyclic) bond motifs is 1. The van der Waals surface area contributed by atoms with Crippen LogP contribution in [-0.2, 0) is 19.1 Å². The van der Waals surface area contributed by atoms with Crippen molar-refractivity contribution in [3.8, 4) is 0 Å². The van der Waals surface area contributed by atoms with Gasteiger partial charge in [0.2, 0.25) is 5.91 Å². The van der Waals surface area contributed by atoms with Gasteiger partial charge in [-0.15, -0.1) is 0 Å². The lowest BCUT2D eigenvalue weighted by molar-refractivity contribution is -0.294. The van der Waals surface area contributed by atoms with Crippen LogP contribution in [0.3, 0.4) is 0 Å².